The highest BCUT2D eigenvalue weighted by molar-refractivity contribution is 5.70. The second kappa shape index (κ2) is 4.79. The molecule has 6 heteroatoms. The molecule has 0 radical (unpaired) electrons. The van der Waals surface area contributed by atoms with E-state index in [1.54, 1.807) is 12.3 Å². The van der Waals surface area contributed by atoms with Crippen molar-refractivity contribution < 1.29 is 14.6 Å². The minimum Gasteiger partial charge on any atom is -0.506 e. The van der Waals surface area contributed by atoms with E-state index in [-0.39, 0.29) is 23.9 Å². The van der Waals surface area contributed by atoms with Crippen molar-refractivity contribution in [1.29, 1.82) is 0 Å². The number of rotatable bonds is 1. The van der Waals surface area contributed by atoms with Gasteiger partial charge >= 0.3 is 6.09 Å². The number of aromatic hydroxyl groups is 1. The molecule has 1 aromatic heterocycles. The van der Waals surface area contributed by atoms with E-state index in [2.05, 4.69) is 9.88 Å². The molecule has 1 N–H and O–H groups in total. The van der Waals surface area contributed by atoms with Crippen molar-refractivity contribution in [2.24, 2.45) is 0 Å². The first-order valence-electron chi connectivity index (χ1n) is 7.24. The highest BCUT2D eigenvalue weighted by atomic mass is 16.6. The number of hydrogen-bond acceptors (Lipinski definition) is 5. The average Bonchev–Trinajstić information content (AvgIpc) is 2.96. The fourth-order valence-corrected chi connectivity index (χ4v) is 3.10. The zero-order chi connectivity index (χ0) is 15.2. The lowest BCUT2D eigenvalue weighted by molar-refractivity contribution is 0.0214. The molecule has 3 rings (SSSR count). The largest absolute Gasteiger partial charge is 0.506 e. The van der Waals surface area contributed by atoms with Gasteiger partial charge in [-0.2, -0.15) is 0 Å². The monoisotopic (exact) mass is 291 g/mol. The normalized spacial score (nSPS) is 24.5. The second-order valence-corrected chi connectivity index (χ2v) is 6.73. The van der Waals surface area contributed by atoms with Gasteiger partial charge in [0.1, 0.15) is 11.4 Å². The van der Waals surface area contributed by atoms with Crippen LogP contribution in [0.3, 0.4) is 0 Å². The van der Waals surface area contributed by atoms with E-state index in [9.17, 15) is 9.90 Å². The third kappa shape index (κ3) is 2.75. The lowest BCUT2D eigenvalue weighted by Gasteiger charge is -2.36. The first-order chi connectivity index (χ1) is 9.83. The van der Waals surface area contributed by atoms with Crippen LogP contribution in [0, 0.1) is 0 Å². The SMILES string of the molecule is CC(C)(C)OC(=O)N1C[C@H]2C[C@@H]1CN2c1cncc(O)c1. The summed E-state index contributed by atoms with van der Waals surface area (Å²) in [6.07, 6.45) is 3.88. The lowest BCUT2D eigenvalue weighted by atomic mass is 10.2. The topological polar surface area (TPSA) is 65.9 Å². The Labute approximate surface area is 124 Å². The minimum atomic E-state index is -0.465. The van der Waals surface area contributed by atoms with E-state index in [0.717, 1.165) is 18.7 Å². The van der Waals surface area contributed by atoms with Gasteiger partial charge in [0.15, 0.2) is 0 Å². The molecule has 0 aliphatic carbocycles. The first-order valence-corrected chi connectivity index (χ1v) is 7.24. The summed E-state index contributed by atoms with van der Waals surface area (Å²) >= 11 is 0. The van der Waals surface area contributed by atoms with Gasteiger partial charge in [-0.05, 0) is 27.2 Å². The molecule has 0 spiro atoms. The standard InChI is InChI=1S/C15H21N3O3/c1-15(2,3)21-14(20)18-9-11-4-12(18)8-17(11)10-5-13(19)7-16-6-10/h5-7,11-12,19H,4,8-9H2,1-3H3/t11-,12-/m1/s1. The maximum absolute atomic E-state index is 12.2. The number of carbonyl (C=O) groups excluding carboxylic acids is 1. The van der Waals surface area contributed by atoms with Gasteiger partial charge < -0.3 is 19.6 Å². The highest BCUT2D eigenvalue weighted by Crippen LogP contribution is 2.35. The molecule has 1 amide bonds. The van der Waals surface area contributed by atoms with Crippen LogP contribution in [0.25, 0.3) is 0 Å². The minimum absolute atomic E-state index is 0.166. The Morgan fingerprint density at radius 1 is 1.33 bits per heavy atom. The number of pyridine rings is 1. The van der Waals surface area contributed by atoms with E-state index < -0.39 is 5.60 Å². The van der Waals surface area contributed by atoms with Crippen LogP contribution in [-0.2, 0) is 4.74 Å². The summed E-state index contributed by atoms with van der Waals surface area (Å²) in [4.78, 5) is 20.2. The van der Waals surface area contributed by atoms with Crippen molar-refractivity contribution in [2.75, 3.05) is 18.0 Å². The molecule has 1 aromatic rings. The molecule has 0 aromatic carbocycles. The van der Waals surface area contributed by atoms with Crippen LogP contribution in [0.15, 0.2) is 18.5 Å². The third-order valence-corrected chi connectivity index (χ3v) is 3.91. The van der Waals surface area contributed by atoms with Gasteiger partial charge in [-0.25, -0.2) is 4.79 Å². The van der Waals surface area contributed by atoms with Gasteiger partial charge in [-0.3, -0.25) is 4.98 Å². The number of aromatic nitrogens is 1. The van der Waals surface area contributed by atoms with Crippen molar-refractivity contribution >= 4 is 11.8 Å². The molecule has 6 nitrogen and oxygen atoms in total. The summed E-state index contributed by atoms with van der Waals surface area (Å²) in [6.45, 7) is 7.06. The molecule has 21 heavy (non-hydrogen) atoms. The summed E-state index contributed by atoms with van der Waals surface area (Å²) < 4.78 is 5.45. The Bertz CT molecular complexity index is 555. The molecular formula is C15H21N3O3. The van der Waals surface area contributed by atoms with Crippen molar-refractivity contribution in [2.45, 2.75) is 44.9 Å². The summed E-state index contributed by atoms with van der Waals surface area (Å²) in [6, 6.07) is 2.16. The van der Waals surface area contributed by atoms with E-state index in [1.165, 1.54) is 6.20 Å². The van der Waals surface area contributed by atoms with Crippen LogP contribution in [-0.4, -0.2) is 51.9 Å². The van der Waals surface area contributed by atoms with Gasteiger partial charge in [0, 0.05) is 25.2 Å². The zero-order valence-electron chi connectivity index (χ0n) is 12.6. The quantitative estimate of drug-likeness (QED) is 0.857. The Balaban J connectivity index is 1.68. The van der Waals surface area contributed by atoms with E-state index >= 15 is 0 Å². The molecule has 0 unspecified atom stereocenters. The molecule has 2 saturated heterocycles. The Hall–Kier alpha value is -1.98. The molecule has 2 fully saturated rings. The first kappa shape index (κ1) is 14.0. The maximum atomic E-state index is 12.2. The van der Waals surface area contributed by atoms with Crippen molar-refractivity contribution in [1.82, 2.24) is 9.88 Å². The predicted molar refractivity (Wildman–Crippen MR) is 78.4 cm³/mol. The molecule has 3 heterocycles. The Morgan fingerprint density at radius 2 is 2.10 bits per heavy atom. The molecule has 0 saturated carbocycles. The number of nitrogens with zero attached hydrogens (tertiary/aromatic N) is 3. The van der Waals surface area contributed by atoms with Crippen LogP contribution in [0.4, 0.5) is 10.5 Å². The number of hydrogen-bond donors (Lipinski definition) is 1. The number of fused-ring (bicyclic) bond motifs is 2. The van der Waals surface area contributed by atoms with Gasteiger partial charge in [-0.1, -0.05) is 0 Å². The maximum Gasteiger partial charge on any atom is 0.410 e. The number of piperazine rings is 1. The number of carbonyl (C=O) groups is 1. The number of ether oxygens (including phenoxy) is 1. The summed E-state index contributed by atoms with van der Waals surface area (Å²) in [5, 5.41) is 9.54. The predicted octanol–water partition coefficient (Wildman–Crippen LogP) is 1.99. The molecule has 2 atom stereocenters. The van der Waals surface area contributed by atoms with Gasteiger partial charge in [0.25, 0.3) is 0 Å². The number of anilines is 1. The van der Waals surface area contributed by atoms with Crippen LogP contribution in [0.2, 0.25) is 0 Å². The Morgan fingerprint density at radius 3 is 2.67 bits per heavy atom. The van der Waals surface area contributed by atoms with Crippen LogP contribution >= 0.6 is 0 Å². The fraction of sp³-hybridized carbons (Fsp3) is 0.600. The summed E-state index contributed by atoms with van der Waals surface area (Å²) in [5.41, 5.74) is 0.444. The number of likely N-dealkylation sites (tertiary alicyclic amines) is 1. The van der Waals surface area contributed by atoms with Gasteiger partial charge in [-0.15, -0.1) is 0 Å². The summed E-state index contributed by atoms with van der Waals surface area (Å²) in [7, 11) is 0. The van der Waals surface area contributed by atoms with E-state index in [0.29, 0.717) is 6.54 Å². The number of amides is 1. The van der Waals surface area contributed by atoms with Crippen molar-refractivity contribution in [3.8, 4) is 5.75 Å². The van der Waals surface area contributed by atoms with Crippen LogP contribution in [0.5, 0.6) is 5.75 Å². The third-order valence-electron chi connectivity index (χ3n) is 3.91. The van der Waals surface area contributed by atoms with E-state index in [4.69, 9.17) is 4.74 Å². The van der Waals surface area contributed by atoms with Gasteiger partial charge in [0.05, 0.1) is 24.1 Å². The van der Waals surface area contributed by atoms with Crippen LogP contribution in [0.1, 0.15) is 27.2 Å². The molecule has 2 aliphatic rings. The molecular weight excluding hydrogens is 270 g/mol. The second-order valence-electron chi connectivity index (χ2n) is 6.73. The average molecular weight is 291 g/mol. The van der Waals surface area contributed by atoms with E-state index in [1.807, 2.05) is 25.7 Å². The smallest absolute Gasteiger partial charge is 0.410 e. The van der Waals surface area contributed by atoms with Crippen molar-refractivity contribution in [3.63, 3.8) is 0 Å². The molecule has 2 bridgehead atoms. The van der Waals surface area contributed by atoms with Gasteiger partial charge in [0.2, 0.25) is 0 Å². The van der Waals surface area contributed by atoms with Crippen molar-refractivity contribution in [3.05, 3.63) is 18.5 Å². The van der Waals surface area contributed by atoms with Crippen LogP contribution < -0.4 is 4.90 Å². The molecule has 2 aliphatic heterocycles. The zero-order valence-corrected chi connectivity index (χ0v) is 12.6. The fourth-order valence-electron chi connectivity index (χ4n) is 3.10. The summed E-state index contributed by atoms with van der Waals surface area (Å²) in [5.74, 6) is 0.166. The molecule has 114 valence electrons. The highest BCUT2D eigenvalue weighted by Gasteiger charge is 2.46. The Kier molecular flexibility index (Phi) is 3.19. The lowest BCUT2D eigenvalue weighted by Crippen LogP contribution is -2.50.